The number of para-hydroxylation sites is 1. The highest BCUT2D eigenvalue weighted by molar-refractivity contribution is 9.10. The second-order valence-electron chi connectivity index (χ2n) is 7.31. The number of carbonyl (C=O) groups excluding carboxylic acids is 1. The number of nitrogens with one attached hydrogen (secondary N) is 2. The minimum absolute atomic E-state index is 0.188. The van der Waals surface area contributed by atoms with E-state index in [-0.39, 0.29) is 18.1 Å². The van der Waals surface area contributed by atoms with E-state index in [9.17, 15) is 9.59 Å². The number of rotatable bonds is 6. The van der Waals surface area contributed by atoms with Crippen molar-refractivity contribution in [2.24, 2.45) is 0 Å². The zero-order chi connectivity index (χ0) is 21.6. The third kappa shape index (κ3) is 5.41. The van der Waals surface area contributed by atoms with E-state index in [0.717, 1.165) is 20.9 Å². The normalized spacial score (nSPS) is 10.7. The summed E-state index contributed by atoms with van der Waals surface area (Å²) < 4.78 is 0.931. The van der Waals surface area contributed by atoms with Gasteiger partial charge in [-0.1, -0.05) is 64.5 Å². The molecule has 0 radical (unpaired) electrons. The molecule has 2 N–H and O–H groups in total. The van der Waals surface area contributed by atoms with Gasteiger partial charge in [0.15, 0.2) is 0 Å². The summed E-state index contributed by atoms with van der Waals surface area (Å²) >= 11 is 3.47. The SMILES string of the molecule is O=C(Nc1ccccc1)N(CCc1ccccc1)Cc1cc2cc(Br)ccc2[nH]c1=O. The Hall–Kier alpha value is -3.38. The standard InChI is InChI=1S/C25H22BrN3O2/c26-21-11-12-23-19(16-21)15-20(24(30)28-23)17-29(14-13-18-7-3-1-4-8-18)25(31)27-22-9-5-2-6-10-22/h1-12,15-16H,13-14,17H2,(H,27,31)(H,28,30). The van der Waals surface area contributed by atoms with Crippen LogP contribution in [0.2, 0.25) is 0 Å². The molecule has 4 rings (SSSR count). The lowest BCUT2D eigenvalue weighted by molar-refractivity contribution is 0.209. The van der Waals surface area contributed by atoms with Crippen molar-refractivity contribution in [1.82, 2.24) is 9.88 Å². The van der Waals surface area contributed by atoms with Crippen LogP contribution in [-0.2, 0) is 13.0 Å². The van der Waals surface area contributed by atoms with E-state index in [2.05, 4.69) is 26.2 Å². The van der Waals surface area contributed by atoms with Crippen molar-refractivity contribution in [3.05, 3.63) is 111 Å². The third-order valence-electron chi connectivity index (χ3n) is 5.07. The summed E-state index contributed by atoms with van der Waals surface area (Å²) in [5.41, 5.74) is 2.97. The largest absolute Gasteiger partial charge is 0.322 e. The lowest BCUT2D eigenvalue weighted by Gasteiger charge is -2.23. The molecule has 0 spiro atoms. The molecule has 1 aromatic heterocycles. The fourth-order valence-corrected chi connectivity index (χ4v) is 3.81. The fourth-order valence-electron chi connectivity index (χ4n) is 3.43. The Morgan fingerprint density at radius 2 is 1.65 bits per heavy atom. The van der Waals surface area contributed by atoms with Gasteiger partial charge in [-0.25, -0.2) is 4.79 Å². The first kappa shape index (κ1) is 20.9. The molecule has 0 saturated heterocycles. The minimum atomic E-state index is -0.240. The van der Waals surface area contributed by atoms with Crippen molar-refractivity contribution in [3.63, 3.8) is 0 Å². The maximum Gasteiger partial charge on any atom is 0.322 e. The van der Waals surface area contributed by atoms with E-state index in [0.29, 0.717) is 24.2 Å². The third-order valence-corrected chi connectivity index (χ3v) is 5.56. The van der Waals surface area contributed by atoms with Gasteiger partial charge in [-0.05, 0) is 53.8 Å². The van der Waals surface area contributed by atoms with Gasteiger partial charge in [-0.2, -0.15) is 0 Å². The monoisotopic (exact) mass is 475 g/mol. The van der Waals surface area contributed by atoms with Crippen LogP contribution in [0.3, 0.4) is 0 Å². The molecule has 4 aromatic rings. The number of halogens is 1. The number of anilines is 1. The van der Waals surface area contributed by atoms with Gasteiger partial charge in [0.1, 0.15) is 0 Å². The Kier molecular flexibility index (Phi) is 6.48. The number of aromatic amines is 1. The maximum atomic E-state index is 13.1. The molecule has 5 nitrogen and oxygen atoms in total. The molecule has 0 bridgehead atoms. The molecule has 0 fully saturated rings. The molecule has 0 aliphatic carbocycles. The van der Waals surface area contributed by atoms with Crippen LogP contribution in [0.15, 0.2) is 94.2 Å². The van der Waals surface area contributed by atoms with Gasteiger partial charge in [-0.15, -0.1) is 0 Å². The summed E-state index contributed by atoms with van der Waals surface area (Å²) in [6.45, 7) is 0.696. The van der Waals surface area contributed by atoms with Crippen LogP contribution in [-0.4, -0.2) is 22.5 Å². The van der Waals surface area contributed by atoms with E-state index in [1.54, 1.807) is 4.90 Å². The van der Waals surface area contributed by atoms with Gasteiger partial charge < -0.3 is 15.2 Å². The summed E-state index contributed by atoms with van der Waals surface area (Å²) in [6, 6.07) is 26.6. The number of urea groups is 1. The van der Waals surface area contributed by atoms with Crippen molar-refractivity contribution < 1.29 is 4.79 Å². The van der Waals surface area contributed by atoms with Crippen LogP contribution in [0.25, 0.3) is 10.9 Å². The Bertz CT molecular complexity index is 1240. The molecule has 0 aliphatic rings. The highest BCUT2D eigenvalue weighted by atomic mass is 79.9. The highest BCUT2D eigenvalue weighted by Crippen LogP contribution is 2.19. The lowest BCUT2D eigenvalue weighted by atomic mass is 10.1. The second kappa shape index (κ2) is 9.62. The zero-order valence-corrected chi connectivity index (χ0v) is 18.4. The van der Waals surface area contributed by atoms with Gasteiger partial charge in [0, 0.05) is 27.8 Å². The van der Waals surface area contributed by atoms with E-state index in [1.165, 1.54) is 0 Å². The highest BCUT2D eigenvalue weighted by Gasteiger charge is 2.16. The van der Waals surface area contributed by atoms with Crippen LogP contribution in [0, 0.1) is 0 Å². The number of fused-ring (bicyclic) bond motifs is 1. The van der Waals surface area contributed by atoms with Gasteiger partial charge in [0.25, 0.3) is 5.56 Å². The molecule has 3 aromatic carbocycles. The smallest absolute Gasteiger partial charge is 0.322 e. The minimum Gasteiger partial charge on any atom is -0.322 e. The molecule has 0 aliphatic heterocycles. The Labute approximate surface area is 188 Å². The maximum absolute atomic E-state index is 13.1. The topological polar surface area (TPSA) is 65.2 Å². The van der Waals surface area contributed by atoms with Crippen LogP contribution < -0.4 is 10.9 Å². The summed E-state index contributed by atoms with van der Waals surface area (Å²) in [5.74, 6) is 0. The molecule has 0 atom stereocenters. The number of aromatic nitrogens is 1. The van der Waals surface area contributed by atoms with Crippen LogP contribution in [0.4, 0.5) is 10.5 Å². The average molecular weight is 476 g/mol. The van der Waals surface area contributed by atoms with Crippen LogP contribution in [0.5, 0.6) is 0 Å². The molecule has 0 saturated carbocycles. The van der Waals surface area contributed by atoms with Gasteiger partial charge in [0.2, 0.25) is 0 Å². The molecule has 6 heteroatoms. The number of hydrogen-bond donors (Lipinski definition) is 2. The molecular formula is C25H22BrN3O2. The van der Waals surface area contributed by atoms with Crippen molar-refractivity contribution in [1.29, 1.82) is 0 Å². The van der Waals surface area contributed by atoms with Gasteiger partial charge in [0.05, 0.1) is 6.54 Å². The van der Waals surface area contributed by atoms with Crippen molar-refractivity contribution in [3.8, 4) is 0 Å². The number of benzene rings is 3. The van der Waals surface area contributed by atoms with E-state index < -0.39 is 0 Å². The summed E-state index contributed by atoms with van der Waals surface area (Å²) in [5, 5.41) is 3.84. The lowest BCUT2D eigenvalue weighted by Crippen LogP contribution is -2.37. The van der Waals surface area contributed by atoms with Crippen molar-refractivity contribution in [2.75, 3.05) is 11.9 Å². The Balaban J connectivity index is 1.60. The quantitative estimate of drug-likeness (QED) is 0.382. The summed E-state index contributed by atoms with van der Waals surface area (Å²) in [4.78, 5) is 30.3. The molecule has 0 unspecified atom stereocenters. The Morgan fingerprint density at radius 3 is 2.39 bits per heavy atom. The molecule has 31 heavy (non-hydrogen) atoms. The number of H-pyrrole nitrogens is 1. The number of amides is 2. The molecular weight excluding hydrogens is 454 g/mol. The number of nitrogens with zero attached hydrogens (tertiary/aromatic N) is 1. The van der Waals surface area contributed by atoms with Gasteiger partial charge in [-0.3, -0.25) is 4.79 Å². The fraction of sp³-hybridized carbons (Fsp3) is 0.120. The summed E-state index contributed by atoms with van der Waals surface area (Å²) in [7, 11) is 0. The number of pyridine rings is 1. The first-order valence-electron chi connectivity index (χ1n) is 10.0. The predicted octanol–water partition coefficient (Wildman–Crippen LogP) is 5.57. The van der Waals surface area contributed by atoms with E-state index in [1.807, 2.05) is 84.9 Å². The summed E-state index contributed by atoms with van der Waals surface area (Å²) in [6.07, 6.45) is 0.695. The number of carbonyl (C=O) groups is 1. The molecule has 2 amide bonds. The predicted molar refractivity (Wildman–Crippen MR) is 128 cm³/mol. The number of hydrogen-bond acceptors (Lipinski definition) is 2. The molecule has 1 heterocycles. The first-order valence-corrected chi connectivity index (χ1v) is 10.8. The Morgan fingerprint density at radius 1 is 0.935 bits per heavy atom. The zero-order valence-electron chi connectivity index (χ0n) is 16.8. The van der Waals surface area contributed by atoms with Crippen molar-refractivity contribution in [2.45, 2.75) is 13.0 Å². The van der Waals surface area contributed by atoms with E-state index >= 15 is 0 Å². The van der Waals surface area contributed by atoms with E-state index in [4.69, 9.17) is 0 Å². The first-order chi connectivity index (χ1) is 15.1. The van der Waals surface area contributed by atoms with Crippen molar-refractivity contribution >= 4 is 38.6 Å². The second-order valence-corrected chi connectivity index (χ2v) is 8.22. The van der Waals surface area contributed by atoms with Crippen LogP contribution in [0.1, 0.15) is 11.1 Å². The molecule has 156 valence electrons. The van der Waals surface area contributed by atoms with Gasteiger partial charge >= 0.3 is 6.03 Å². The average Bonchev–Trinajstić information content (AvgIpc) is 2.78. The van der Waals surface area contributed by atoms with Crippen LogP contribution >= 0.6 is 15.9 Å².